The van der Waals surface area contributed by atoms with Crippen LogP contribution in [0.2, 0.25) is 0 Å². The van der Waals surface area contributed by atoms with Gasteiger partial charge in [0.05, 0.1) is 17.9 Å². The summed E-state index contributed by atoms with van der Waals surface area (Å²) in [7, 11) is 2.02. The van der Waals surface area contributed by atoms with E-state index in [1.807, 2.05) is 45.2 Å². The van der Waals surface area contributed by atoms with Crippen LogP contribution in [0, 0.1) is 13.8 Å². The Labute approximate surface area is 128 Å². The summed E-state index contributed by atoms with van der Waals surface area (Å²) >= 11 is 0. The lowest BCUT2D eigenvalue weighted by Gasteiger charge is -2.14. The van der Waals surface area contributed by atoms with E-state index < -0.39 is 0 Å². The molecule has 0 atom stereocenters. The van der Waals surface area contributed by atoms with Crippen LogP contribution < -0.4 is 0 Å². The molecular weight excluding hydrogens is 280 g/mol. The molecule has 6 nitrogen and oxygen atoms in total. The Balaban J connectivity index is 1.68. The Hall–Kier alpha value is -2.47. The van der Waals surface area contributed by atoms with Crippen molar-refractivity contribution < 1.29 is 9.05 Å². The molecule has 0 spiro atoms. The predicted molar refractivity (Wildman–Crippen MR) is 80.9 cm³/mol. The highest BCUT2D eigenvalue weighted by Gasteiger charge is 2.14. The van der Waals surface area contributed by atoms with Crippen LogP contribution in [0.15, 0.2) is 39.5 Å². The van der Waals surface area contributed by atoms with Crippen molar-refractivity contribution in [2.45, 2.75) is 26.9 Å². The molecule has 0 aliphatic heterocycles. The fourth-order valence-electron chi connectivity index (χ4n) is 2.34. The Morgan fingerprint density at radius 1 is 1.05 bits per heavy atom. The number of aromatic nitrogens is 3. The maximum atomic E-state index is 5.40. The first-order valence-corrected chi connectivity index (χ1v) is 7.11. The Morgan fingerprint density at radius 3 is 2.59 bits per heavy atom. The van der Waals surface area contributed by atoms with Crippen LogP contribution in [0.25, 0.3) is 11.4 Å². The van der Waals surface area contributed by atoms with Crippen LogP contribution in [0.5, 0.6) is 0 Å². The Morgan fingerprint density at radius 2 is 1.91 bits per heavy atom. The van der Waals surface area contributed by atoms with Crippen LogP contribution >= 0.6 is 0 Å². The summed E-state index contributed by atoms with van der Waals surface area (Å²) in [5.74, 6) is 1.66. The van der Waals surface area contributed by atoms with Crippen molar-refractivity contribution in [2.75, 3.05) is 7.05 Å². The summed E-state index contributed by atoms with van der Waals surface area (Å²) in [5, 5.41) is 8.05. The molecule has 3 heterocycles. The molecule has 0 amide bonds. The zero-order valence-corrected chi connectivity index (χ0v) is 12.9. The normalized spacial score (nSPS) is 11.3. The van der Waals surface area contributed by atoms with E-state index >= 15 is 0 Å². The molecule has 3 aromatic heterocycles. The van der Waals surface area contributed by atoms with Crippen molar-refractivity contribution in [3.8, 4) is 11.4 Å². The Kier molecular flexibility index (Phi) is 4.02. The summed E-state index contributed by atoms with van der Waals surface area (Å²) in [6.07, 6.45) is 1.74. The van der Waals surface area contributed by atoms with Gasteiger partial charge in [-0.1, -0.05) is 16.4 Å². The number of pyridine rings is 1. The maximum absolute atomic E-state index is 5.40. The topological polar surface area (TPSA) is 68.2 Å². The average Bonchev–Trinajstić information content (AvgIpc) is 3.10. The van der Waals surface area contributed by atoms with Crippen LogP contribution in [0.1, 0.15) is 22.8 Å². The molecule has 114 valence electrons. The van der Waals surface area contributed by atoms with Crippen molar-refractivity contribution >= 4 is 0 Å². The molecule has 0 saturated carbocycles. The quantitative estimate of drug-likeness (QED) is 0.721. The minimum atomic E-state index is 0.657. The third kappa shape index (κ3) is 3.07. The molecule has 6 heteroatoms. The lowest BCUT2D eigenvalue weighted by molar-refractivity contribution is 0.265. The highest BCUT2D eigenvalue weighted by Crippen LogP contribution is 2.19. The molecule has 0 bridgehead atoms. The minimum absolute atomic E-state index is 0.657. The first kappa shape index (κ1) is 14.5. The summed E-state index contributed by atoms with van der Waals surface area (Å²) in [4.78, 5) is 6.40. The van der Waals surface area contributed by atoms with E-state index in [9.17, 15) is 0 Å². The van der Waals surface area contributed by atoms with E-state index in [2.05, 4.69) is 20.2 Å². The number of hydrogen-bond acceptors (Lipinski definition) is 6. The van der Waals surface area contributed by atoms with Gasteiger partial charge < -0.3 is 9.05 Å². The first-order chi connectivity index (χ1) is 10.6. The average molecular weight is 298 g/mol. The zero-order chi connectivity index (χ0) is 15.5. The largest absolute Gasteiger partial charge is 0.361 e. The van der Waals surface area contributed by atoms with Gasteiger partial charge >= 0.3 is 0 Å². The molecule has 0 fully saturated rings. The second-order valence-corrected chi connectivity index (χ2v) is 5.37. The molecule has 0 aliphatic carbocycles. The van der Waals surface area contributed by atoms with Crippen LogP contribution in [-0.2, 0) is 13.1 Å². The summed E-state index contributed by atoms with van der Waals surface area (Å²) in [6.45, 7) is 5.29. The van der Waals surface area contributed by atoms with Gasteiger partial charge in [0.15, 0.2) is 5.76 Å². The monoisotopic (exact) mass is 298 g/mol. The van der Waals surface area contributed by atoms with E-state index in [1.54, 1.807) is 6.20 Å². The molecular formula is C16H18N4O2. The van der Waals surface area contributed by atoms with Gasteiger partial charge in [-0.25, -0.2) is 0 Å². The molecule has 0 saturated heterocycles. The molecule has 0 aliphatic rings. The van der Waals surface area contributed by atoms with Gasteiger partial charge in [0, 0.05) is 24.4 Å². The van der Waals surface area contributed by atoms with Crippen molar-refractivity contribution in [1.82, 2.24) is 20.2 Å². The third-order valence-corrected chi connectivity index (χ3v) is 3.52. The summed E-state index contributed by atoms with van der Waals surface area (Å²) < 4.78 is 10.6. The molecule has 3 rings (SSSR count). The lowest BCUT2D eigenvalue weighted by Crippen LogP contribution is -2.17. The Bertz CT molecular complexity index is 729. The smallest absolute Gasteiger partial charge is 0.151 e. The van der Waals surface area contributed by atoms with Gasteiger partial charge in [-0.05, 0) is 33.0 Å². The van der Waals surface area contributed by atoms with Crippen molar-refractivity contribution in [3.63, 3.8) is 0 Å². The van der Waals surface area contributed by atoms with E-state index in [0.717, 1.165) is 40.7 Å². The molecule has 22 heavy (non-hydrogen) atoms. The lowest BCUT2D eigenvalue weighted by atomic mass is 10.2. The summed E-state index contributed by atoms with van der Waals surface area (Å²) in [6, 6.07) is 7.64. The molecule has 0 radical (unpaired) electrons. The number of rotatable bonds is 5. The van der Waals surface area contributed by atoms with E-state index in [0.29, 0.717) is 6.54 Å². The van der Waals surface area contributed by atoms with Gasteiger partial charge in [-0.2, -0.15) is 0 Å². The number of nitrogens with zero attached hydrogens (tertiary/aromatic N) is 4. The first-order valence-electron chi connectivity index (χ1n) is 7.11. The molecule has 0 N–H and O–H groups in total. The zero-order valence-electron chi connectivity index (χ0n) is 12.9. The van der Waals surface area contributed by atoms with E-state index in [-0.39, 0.29) is 0 Å². The van der Waals surface area contributed by atoms with Gasteiger partial charge in [0.1, 0.15) is 11.5 Å². The molecule has 3 aromatic rings. The highest BCUT2D eigenvalue weighted by atomic mass is 16.5. The van der Waals surface area contributed by atoms with E-state index in [4.69, 9.17) is 9.05 Å². The minimum Gasteiger partial charge on any atom is -0.361 e. The van der Waals surface area contributed by atoms with Crippen LogP contribution in [0.4, 0.5) is 0 Å². The molecule has 0 unspecified atom stereocenters. The standard InChI is InChI=1S/C16H18N4O2/c1-11-14(12(2)21-18-11)10-20(3)9-13-8-16(19-22-13)15-6-4-5-7-17-15/h4-8H,9-10H2,1-3H3. The van der Waals surface area contributed by atoms with Crippen LogP contribution in [-0.4, -0.2) is 27.2 Å². The van der Waals surface area contributed by atoms with E-state index in [1.165, 1.54) is 0 Å². The second-order valence-electron chi connectivity index (χ2n) is 5.37. The fraction of sp³-hybridized carbons (Fsp3) is 0.312. The fourth-order valence-corrected chi connectivity index (χ4v) is 2.34. The number of hydrogen-bond donors (Lipinski definition) is 0. The third-order valence-electron chi connectivity index (χ3n) is 3.52. The second kappa shape index (κ2) is 6.11. The van der Waals surface area contributed by atoms with Crippen molar-refractivity contribution in [3.05, 3.63) is 53.2 Å². The van der Waals surface area contributed by atoms with Gasteiger partial charge in [-0.15, -0.1) is 0 Å². The van der Waals surface area contributed by atoms with Gasteiger partial charge in [0.25, 0.3) is 0 Å². The predicted octanol–water partition coefficient (Wildman–Crippen LogP) is 2.97. The van der Waals surface area contributed by atoms with Crippen molar-refractivity contribution in [2.24, 2.45) is 0 Å². The van der Waals surface area contributed by atoms with Crippen LogP contribution in [0.3, 0.4) is 0 Å². The van der Waals surface area contributed by atoms with Gasteiger partial charge in [0.2, 0.25) is 0 Å². The molecule has 0 aromatic carbocycles. The number of aryl methyl sites for hydroxylation is 2. The van der Waals surface area contributed by atoms with Gasteiger partial charge in [-0.3, -0.25) is 9.88 Å². The van der Waals surface area contributed by atoms with Crippen molar-refractivity contribution in [1.29, 1.82) is 0 Å². The highest BCUT2D eigenvalue weighted by molar-refractivity contribution is 5.52. The maximum Gasteiger partial charge on any atom is 0.151 e. The SMILES string of the molecule is Cc1noc(C)c1CN(C)Cc1cc(-c2ccccn2)no1. The summed E-state index contributed by atoms with van der Waals surface area (Å²) in [5.41, 5.74) is 3.61.